The number of amides is 3. The maximum Gasteiger partial charge on any atom is 0.338 e. The van der Waals surface area contributed by atoms with Gasteiger partial charge in [-0.2, -0.15) is 0 Å². The van der Waals surface area contributed by atoms with Gasteiger partial charge in [0, 0.05) is 10.6 Å². The highest BCUT2D eigenvalue weighted by molar-refractivity contribution is 8.00. The zero-order valence-electron chi connectivity index (χ0n) is 17.4. The molecule has 31 heavy (non-hydrogen) atoms. The van der Waals surface area contributed by atoms with Crippen molar-refractivity contribution in [1.29, 1.82) is 0 Å². The minimum absolute atomic E-state index is 0.137. The number of ether oxygens (including phenoxy) is 1. The lowest BCUT2D eigenvalue weighted by molar-refractivity contribution is -0.126. The van der Waals surface area contributed by atoms with Gasteiger partial charge in [-0.1, -0.05) is 12.1 Å². The van der Waals surface area contributed by atoms with Gasteiger partial charge in [0.15, 0.2) is 6.61 Å². The van der Waals surface area contributed by atoms with E-state index in [2.05, 4.69) is 16.0 Å². The smallest absolute Gasteiger partial charge is 0.338 e. The Labute approximate surface area is 184 Å². The molecule has 0 fully saturated rings. The standard InChI is InChI=1S/C22H23N3O5S/c1-12-5-4-6-16(13(12)2)24-19(26)10-23-20(27)11-30-22(29)15-7-8-18-17(9-15)25-21(28)14(3)31-18/h4-9,14H,10-11H2,1-3H3,(H,23,27)(H,24,26)(H,25,28)/t14-/m0/s1. The molecule has 2 aromatic carbocycles. The Morgan fingerprint density at radius 2 is 1.90 bits per heavy atom. The molecule has 8 nitrogen and oxygen atoms in total. The van der Waals surface area contributed by atoms with Gasteiger partial charge in [0.05, 0.1) is 23.0 Å². The first-order chi connectivity index (χ1) is 14.7. The first-order valence-corrected chi connectivity index (χ1v) is 10.5. The number of aryl methyl sites for hydroxylation is 1. The molecular weight excluding hydrogens is 418 g/mol. The fourth-order valence-corrected chi connectivity index (χ4v) is 3.79. The van der Waals surface area contributed by atoms with E-state index in [1.54, 1.807) is 25.1 Å². The van der Waals surface area contributed by atoms with Gasteiger partial charge < -0.3 is 20.7 Å². The van der Waals surface area contributed by atoms with Crippen LogP contribution in [0.3, 0.4) is 0 Å². The van der Waals surface area contributed by atoms with Crippen LogP contribution in [0.5, 0.6) is 0 Å². The summed E-state index contributed by atoms with van der Waals surface area (Å²) < 4.78 is 5.01. The second kappa shape index (κ2) is 9.65. The molecule has 1 atom stereocenters. The molecule has 0 unspecified atom stereocenters. The largest absolute Gasteiger partial charge is 0.452 e. The van der Waals surface area contributed by atoms with Gasteiger partial charge in [0.2, 0.25) is 11.8 Å². The zero-order valence-corrected chi connectivity index (χ0v) is 18.2. The summed E-state index contributed by atoms with van der Waals surface area (Å²) in [5, 5.41) is 7.68. The Morgan fingerprint density at radius 3 is 2.68 bits per heavy atom. The minimum Gasteiger partial charge on any atom is -0.452 e. The second-order valence-corrected chi connectivity index (χ2v) is 8.49. The molecule has 3 rings (SSSR count). The monoisotopic (exact) mass is 441 g/mol. The molecular formula is C22H23N3O5S. The molecule has 0 aliphatic carbocycles. The fourth-order valence-electron chi connectivity index (χ4n) is 2.86. The second-order valence-electron chi connectivity index (χ2n) is 7.11. The number of hydrogen-bond acceptors (Lipinski definition) is 6. The van der Waals surface area contributed by atoms with Crippen LogP contribution in [0.1, 0.15) is 28.4 Å². The number of anilines is 2. The van der Waals surface area contributed by atoms with Crippen LogP contribution >= 0.6 is 11.8 Å². The van der Waals surface area contributed by atoms with E-state index in [4.69, 9.17) is 4.74 Å². The number of thioether (sulfide) groups is 1. The number of fused-ring (bicyclic) bond motifs is 1. The third-order valence-electron chi connectivity index (χ3n) is 4.81. The first-order valence-electron chi connectivity index (χ1n) is 9.66. The number of hydrogen-bond donors (Lipinski definition) is 3. The highest BCUT2D eigenvalue weighted by Gasteiger charge is 2.24. The Balaban J connectivity index is 1.47. The highest BCUT2D eigenvalue weighted by Crippen LogP contribution is 2.36. The van der Waals surface area contributed by atoms with Crippen molar-refractivity contribution in [3.05, 3.63) is 53.1 Å². The molecule has 1 aliphatic rings. The number of carbonyl (C=O) groups excluding carboxylic acids is 4. The topological polar surface area (TPSA) is 114 Å². The van der Waals surface area contributed by atoms with E-state index in [1.807, 2.05) is 26.0 Å². The van der Waals surface area contributed by atoms with Crippen LogP contribution in [-0.2, 0) is 19.1 Å². The Kier molecular flexibility index (Phi) is 6.96. The Hall–Kier alpha value is -3.33. The van der Waals surface area contributed by atoms with Gasteiger partial charge in [0.1, 0.15) is 0 Å². The van der Waals surface area contributed by atoms with Gasteiger partial charge in [-0.15, -0.1) is 11.8 Å². The van der Waals surface area contributed by atoms with E-state index < -0.39 is 18.5 Å². The number of esters is 1. The summed E-state index contributed by atoms with van der Waals surface area (Å²) in [7, 11) is 0. The molecule has 0 spiro atoms. The Morgan fingerprint density at radius 1 is 1.13 bits per heavy atom. The normalized spacial score (nSPS) is 14.8. The lowest BCUT2D eigenvalue weighted by Crippen LogP contribution is -2.35. The van der Waals surface area contributed by atoms with Crippen LogP contribution in [0, 0.1) is 13.8 Å². The minimum atomic E-state index is -0.698. The van der Waals surface area contributed by atoms with Gasteiger partial charge >= 0.3 is 5.97 Å². The lowest BCUT2D eigenvalue weighted by atomic mass is 10.1. The van der Waals surface area contributed by atoms with E-state index in [0.29, 0.717) is 11.4 Å². The highest BCUT2D eigenvalue weighted by atomic mass is 32.2. The summed E-state index contributed by atoms with van der Waals surface area (Å²) >= 11 is 1.40. The third kappa shape index (κ3) is 5.64. The molecule has 0 saturated heterocycles. The van der Waals surface area contributed by atoms with Crippen molar-refractivity contribution in [1.82, 2.24) is 5.32 Å². The molecule has 1 heterocycles. The maximum atomic E-state index is 12.2. The van der Waals surface area contributed by atoms with E-state index >= 15 is 0 Å². The molecule has 2 aromatic rings. The van der Waals surface area contributed by atoms with E-state index in [-0.39, 0.29) is 29.2 Å². The summed E-state index contributed by atoms with van der Waals surface area (Å²) in [5.41, 5.74) is 3.43. The van der Waals surface area contributed by atoms with Crippen LogP contribution in [0.4, 0.5) is 11.4 Å². The van der Waals surface area contributed by atoms with E-state index in [1.165, 1.54) is 17.8 Å². The van der Waals surface area contributed by atoms with Gasteiger partial charge in [-0.25, -0.2) is 4.79 Å². The average molecular weight is 442 g/mol. The predicted molar refractivity (Wildman–Crippen MR) is 118 cm³/mol. The van der Waals surface area contributed by atoms with Crippen LogP contribution < -0.4 is 16.0 Å². The summed E-state index contributed by atoms with van der Waals surface area (Å²) in [4.78, 5) is 48.9. The van der Waals surface area contributed by atoms with E-state index in [9.17, 15) is 19.2 Å². The molecule has 1 aliphatic heterocycles. The average Bonchev–Trinajstić information content (AvgIpc) is 2.74. The molecule has 3 amide bonds. The molecule has 0 saturated carbocycles. The van der Waals surface area contributed by atoms with E-state index in [0.717, 1.165) is 16.0 Å². The SMILES string of the molecule is Cc1cccc(NC(=O)CNC(=O)COC(=O)c2ccc3c(c2)NC(=O)[C@H](C)S3)c1C. The quantitative estimate of drug-likeness (QED) is 0.594. The molecule has 9 heteroatoms. The Bertz CT molecular complexity index is 1050. The van der Waals surface area contributed by atoms with Gasteiger partial charge in [-0.05, 0) is 56.2 Å². The molecule has 0 bridgehead atoms. The van der Waals surface area contributed by atoms with Crippen molar-refractivity contribution in [2.24, 2.45) is 0 Å². The lowest BCUT2D eigenvalue weighted by Gasteiger charge is -2.21. The summed E-state index contributed by atoms with van der Waals surface area (Å²) in [5.74, 6) is -1.82. The third-order valence-corrected chi connectivity index (χ3v) is 5.98. The van der Waals surface area contributed by atoms with Crippen LogP contribution in [0.25, 0.3) is 0 Å². The summed E-state index contributed by atoms with van der Waals surface area (Å²) in [6.45, 7) is 4.87. The van der Waals surface area contributed by atoms with Crippen molar-refractivity contribution >= 4 is 46.8 Å². The van der Waals surface area contributed by atoms with Gasteiger partial charge in [-0.3, -0.25) is 14.4 Å². The van der Waals surface area contributed by atoms with Gasteiger partial charge in [0.25, 0.3) is 5.91 Å². The molecule has 162 valence electrons. The van der Waals surface area contributed by atoms with Crippen molar-refractivity contribution in [2.45, 2.75) is 30.9 Å². The first kappa shape index (κ1) is 22.4. The van der Waals surface area contributed by atoms with Crippen LogP contribution in [0.15, 0.2) is 41.3 Å². The molecule has 3 N–H and O–H groups in total. The summed E-state index contributed by atoms with van der Waals surface area (Å²) in [6, 6.07) is 10.4. The summed E-state index contributed by atoms with van der Waals surface area (Å²) in [6.07, 6.45) is 0. The van der Waals surface area contributed by atoms with Crippen molar-refractivity contribution < 1.29 is 23.9 Å². The van der Waals surface area contributed by atoms with Crippen molar-refractivity contribution in [3.63, 3.8) is 0 Å². The molecule has 0 aromatic heterocycles. The number of carbonyl (C=O) groups is 4. The molecule has 0 radical (unpaired) electrons. The van der Waals surface area contributed by atoms with Crippen LogP contribution in [-0.4, -0.2) is 42.1 Å². The number of benzene rings is 2. The van der Waals surface area contributed by atoms with Crippen molar-refractivity contribution in [2.75, 3.05) is 23.8 Å². The fraction of sp³-hybridized carbons (Fsp3) is 0.273. The van der Waals surface area contributed by atoms with Crippen LogP contribution in [0.2, 0.25) is 0 Å². The maximum absolute atomic E-state index is 12.2. The predicted octanol–water partition coefficient (Wildman–Crippen LogP) is 2.65. The number of nitrogens with one attached hydrogen (secondary N) is 3. The number of rotatable bonds is 6. The van der Waals surface area contributed by atoms with Crippen molar-refractivity contribution in [3.8, 4) is 0 Å². The zero-order chi connectivity index (χ0) is 22.5.